The van der Waals surface area contributed by atoms with Gasteiger partial charge in [-0.2, -0.15) is 26.3 Å². The lowest BCUT2D eigenvalue weighted by Crippen LogP contribution is -2.27. The third-order valence-corrected chi connectivity index (χ3v) is 3.89. The van der Waals surface area contributed by atoms with E-state index in [0.717, 1.165) is 0 Å². The molecule has 25 heavy (non-hydrogen) atoms. The molecule has 0 spiro atoms. The third-order valence-electron chi connectivity index (χ3n) is 2.86. The molecule has 0 amide bonds. The van der Waals surface area contributed by atoms with Crippen LogP contribution >= 0.6 is 11.8 Å². The molecule has 1 aliphatic rings. The molecule has 1 aromatic carbocycles. The fourth-order valence-electron chi connectivity index (χ4n) is 1.90. The number of rotatable bonds is 3. The minimum Gasteiger partial charge on any atom is -0.462 e. The van der Waals surface area contributed by atoms with Gasteiger partial charge in [-0.3, -0.25) is 0 Å². The maximum atomic E-state index is 12.9. The van der Waals surface area contributed by atoms with Gasteiger partial charge in [0.15, 0.2) is 16.4 Å². The molecule has 0 bridgehead atoms. The topological polar surface area (TPSA) is 35.5 Å². The second-order valence-electron chi connectivity index (χ2n) is 4.61. The summed E-state index contributed by atoms with van der Waals surface area (Å²) in [7, 11) is 0. The smallest absolute Gasteiger partial charge is 0.425 e. The maximum absolute atomic E-state index is 12.9. The van der Waals surface area contributed by atoms with E-state index in [4.69, 9.17) is 9.47 Å². The highest BCUT2D eigenvalue weighted by Gasteiger charge is 2.55. The largest absolute Gasteiger partial charge is 0.462 e. The predicted molar refractivity (Wildman–Crippen MR) is 77.8 cm³/mol. The molecule has 0 N–H and O–H groups in total. The van der Waals surface area contributed by atoms with Crippen molar-refractivity contribution in [3.8, 4) is 0 Å². The van der Waals surface area contributed by atoms with Crippen LogP contribution < -0.4 is 0 Å². The fraction of sp³-hybridized carbons (Fsp3) is 0.267. The molecule has 0 aliphatic carbocycles. The van der Waals surface area contributed by atoms with Crippen molar-refractivity contribution in [2.45, 2.75) is 19.3 Å². The lowest BCUT2D eigenvalue weighted by molar-refractivity contribution is -0.174. The first-order valence-electron chi connectivity index (χ1n) is 6.77. The molecule has 1 aliphatic heterocycles. The van der Waals surface area contributed by atoms with Crippen molar-refractivity contribution in [2.24, 2.45) is 0 Å². The van der Waals surface area contributed by atoms with Crippen molar-refractivity contribution in [3.05, 3.63) is 51.5 Å². The first-order valence-corrected chi connectivity index (χ1v) is 7.58. The minimum absolute atomic E-state index is 0.0540. The normalized spacial score (nSPS) is 15.2. The second-order valence-corrected chi connectivity index (χ2v) is 5.59. The first-order chi connectivity index (χ1) is 11.6. The fourth-order valence-corrected chi connectivity index (χ4v) is 2.94. The highest BCUT2D eigenvalue weighted by molar-refractivity contribution is 8.07. The molecule has 2 rings (SSSR count). The SMILES string of the molecule is CCOC(=O)C1=C(c2ccccc2)OC(=C(C(F)(F)F)C(F)(F)F)S1. The summed E-state index contributed by atoms with van der Waals surface area (Å²) in [6.45, 7) is 1.35. The van der Waals surface area contributed by atoms with Gasteiger partial charge in [-0.1, -0.05) is 30.3 Å². The Morgan fingerprint density at radius 2 is 1.64 bits per heavy atom. The lowest BCUT2D eigenvalue weighted by atomic mass is 10.2. The average Bonchev–Trinajstić information content (AvgIpc) is 2.90. The molecule has 0 fully saturated rings. The minimum atomic E-state index is -5.70. The number of thioether (sulfide) groups is 1. The van der Waals surface area contributed by atoms with Gasteiger partial charge in [-0.25, -0.2) is 4.79 Å². The van der Waals surface area contributed by atoms with E-state index >= 15 is 0 Å². The Hall–Kier alpha value is -2.10. The van der Waals surface area contributed by atoms with E-state index in [1.807, 2.05) is 0 Å². The number of allylic oxidation sites excluding steroid dienone is 1. The van der Waals surface area contributed by atoms with Crippen LogP contribution in [0.2, 0.25) is 0 Å². The Morgan fingerprint density at radius 3 is 2.12 bits per heavy atom. The van der Waals surface area contributed by atoms with Gasteiger partial charge in [-0.05, 0) is 18.7 Å². The number of hydrogen-bond donors (Lipinski definition) is 0. The number of carbonyl (C=O) groups excluding carboxylic acids is 1. The summed E-state index contributed by atoms with van der Waals surface area (Å²) in [5.41, 5.74) is -2.66. The molecule has 0 aromatic heterocycles. The Bertz CT molecular complexity index is 703. The summed E-state index contributed by atoms with van der Waals surface area (Å²) in [4.78, 5) is 11.5. The number of hydrogen-bond acceptors (Lipinski definition) is 4. The molecule has 1 heterocycles. The zero-order valence-electron chi connectivity index (χ0n) is 12.5. The van der Waals surface area contributed by atoms with E-state index < -0.39 is 39.7 Å². The highest BCUT2D eigenvalue weighted by Crippen LogP contribution is 2.51. The highest BCUT2D eigenvalue weighted by atomic mass is 32.2. The standard InChI is InChI=1S/C15H10F6O3S/c1-2-23-12(22)10-9(8-6-4-3-5-7-8)24-13(25-10)11(14(16,17)18)15(19,20)21/h3-7H,2H2,1H3. The third kappa shape index (κ3) is 4.30. The second kappa shape index (κ2) is 7.03. The van der Waals surface area contributed by atoms with Crippen molar-refractivity contribution in [1.29, 1.82) is 0 Å². The van der Waals surface area contributed by atoms with Crippen molar-refractivity contribution < 1.29 is 40.6 Å². The number of esters is 1. The van der Waals surface area contributed by atoms with Crippen LogP contribution in [0.3, 0.4) is 0 Å². The van der Waals surface area contributed by atoms with Crippen LogP contribution in [0.25, 0.3) is 5.76 Å². The Kier molecular flexibility index (Phi) is 5.40. The molecular formula is C15H10F6O3S. The van der Waals surface area contributed by atoms with Gasteiger partial charge in [0.05, 0.1) is 6.61 Å². The molecule has 0 unspecified atom stereocenters. The van der Waals surface area contributed by atoms with E-state index in [1.165, 1.54) is 31.2 Å². The van der Waals surface area contributed by atoms with E-state index in [-0.39, 0.29) is 23.9 Å². The molecule has 0 saturated heterocycles. The zero-order valence-corrected chi connectivity index (χ0v) is 13.3. The van der Waals surface area contributed by atoms with Crippen molar-refractivity contribution in [3.63, 3.8) is 0 Å². The molecule has 10 heteroatoms. The van der Waals surface area contributed by atoms with Crippen LogP contribution in [0.5, 0.6) is 0 Å². The van der Waals surface area contributed by atoms with Crippen LogP contribution in [0.1, 0.15) is 12.5 Å². The summed E-state index contributed by atoms with van der Waals surface area (Å²) in [6, 6.07) is 7.35. The molecule has 3 nitrogen and oxygen atoms in total. The van der Waals surface area contributed by atoms with E-state index in [0.29, 0.717) is 0 Å². The van der Waals surface area contributed by atoms with Crippen molar-refractivity contribution in [1.82, 2.24) is 0 Å². The van der Waals surface area contributed by atoms with Crippen LogP contribution in [0, 0.1) is 0 Å². The summed E-state index contributed by atoms with van der Waals surface area (Å²) in [5, 5.41) is -1.46. The average molecular weight is 384 g/mol. The number of ether oxygens (including phenoxy) is 2. The molecule has 0 atom stereocenters. The van der Waals surface area contributed by atoms with Gasteiger partial charge in [0, 0.05) is 5.56 Å². The maximum Gasteiger partial charge on any atom is 0.425 e. The number of benzene rings is 1. The van der Waals surface area contributed by atoms with Crippen LogP contribution in [0.15, 0.2) is 45.9 Å². The molecule has 0 radical (unpaired) electrons. The zero-order chi connectivity index (χ0) is 18.8. The van der Waals surface area contributed by atoms with E-state index in [9.17, 15) is 31.1 Å². The van der Waals surface area contributed by atoms with Crippen molar-refractivity contribution >= 4 is 23.5 Å². The summed E-state index contributed by atoms with van der Waals surface area (Å²) in [6.07, 6.45) is -11.4. The Balaban J connectivity index is 2.57. The van der Waals surface area contributed by atoms with Gasteiger partial charge in [0.2, 0.25) is 0 Å². The van der Waals surface area contributed by atoms with Gasteiger partial charge < -0.3 is 9.47 Å². The number of alkyl halides is 6. The Morgan fingerprint density at radius 1 is 1.08 bits per heavy atom. The summed E-state index contributed by atoms with van der Waals surface area (Å²) < 4.78 is 86.7. The van der Waals surface area contributed by atoms with E-state index in [1.54, 1.807) is 6.07 Å². The van der Waals surface area contributed by atoms with Gasteiger partial charge in [0.1, 0.15) is 4.91 Å². The van der Waals surface area contributed by atoms with Crippen LogP contribution in [-0.2, 0) is 14.3 Å². The predicted octanol–water partition coefficient (Wildman–Crippen LogP) is 5.02. The first kappa shape index (κ1) is 19.2. The molecular weight excluding hydrogens is 374 g/mol. The summed E-state index contributed by atoms with van der Waals surface area (Å²) in [5.74, 6) is -1.48. The number of halogens is 6. The van der Waals surface area contributed by atoms with Gasteiger partial charge in [-0.15, -0.1) is 0 Å². The summed E-state index contributed by atoms with van der Waals surface area (Å²) >= 11 is -0.0540. The molecule has 1 aromatic rings. The van der Waals surface area contributed by atoms with Crippen LogP contribution in [-0.4, -0.2) is 24.9 Å². The molecule has 136 valence electrons. The lowest BCUT2D eigenvalue weighted by Gasteiger charge is -2.16. The van der Waals surface area contributed by atoms with Crippen molar-refractivity contribution in [2.75, 3.05) is 6.61 Å². The number of carbonyl (C=O) groups is 1. The van der Waals surface area contributed by atoms with E-state index in [2.05, 4.69) is 0 Å². The monoisotopic (exact) mass is 384 g/mol. The molecule has 0 saturated carbocycles. The van der Waals surface area contributed by atoms with Gasteiger partial charge >= 0.3 is 18.3 Å². The van der Waals surface area contributed by atoms with Crippen LogP contribution in [0.4, 0.5) is 26.3 Å². The quantitative estimate of drug-likeness (QED) is 0.542. The Labute approximate surface area is 142 Å². The van der Waals surface area contributed by atoms with Gasteiger partial charge in [0.25, 0.3) is 0 Å².